The number of hydrogen-bond donors (Lipinski definition) is 1. The standard InChI is InChI=1S/C20H21ClN4O2/c1-11-5-12(2)17(19(26)6-11)9-22-20(27)16-7-15(21)8-18(13(16)3)25-14(4)23-10-24-25/h5,7-8,10H,6,9H2,1-4H3,(H,22,27). The summed E-state index contributed by atoms with van der Waals surface area (Å²) in [7, 11) is 0. The van der Waals surface area contributed by atoms with Crippen molar-refractivity contribution in [1.29, 1.82) is 0 Å². The number of halogens is 1. The zero-order chi connectivity index (χ0) is 19.7. The Morgan fingerprint density at radius 2 is 2.00 bits per heavy atom. The van der Waals surface area contributed by atoms with Crippen LogP contribution < -0.4 is 5.32 Å². The molecule has 0 bridgehead atoms. The van der Waals surface area contributed by atoms with Crippen molar-refractivity contribution in [3.8, 4) is 5.69 Å². The van der Waals surface area contributed by atoms with Crippen LogP contribution in [0.3, 0.4) is 0 Å². The van der Waals surface area contributed by atoms with Gasteiger partial charge in [0.05, 0.1) is 5.69 Å². The zero-order valence-corrected chi connectivity index (χ0v) is 16.5. The molecule has 2 aromatic rings. The Morgan fingerprint density at radius 3 is 2.63 bits per heavy atom. The summed E-state index contributed by atoms with van der Waals surface area (Å²) >= 11 is 6.23. The summed E-state index contributed by atoms with van der Waals surface area (Å²) in [5.41, 5.74) is 4.45. The molecule has 1 heterocycles. The van der Waals surface area contributed by atoms with Gasteiger partial charge in [0.25, 0.3) is 5.91 Å². The van der Waals surface area contributed by atoms with Crippen LogP contribution in [-0.4, -0.2) is 33.0 Å². The fraction of sp³-hybridized carbons (Fsp3) is 0.300. The average molecular weight is 385 g/mol. The quantitative estimate of drug-likeness (QED) is 0.875. The van der Waals surface area contributed by atoms with Crippen molar-refractivity contribution in [3.05, 3.63) is 63.2 Å². The van der Waals surface area contributed by atoms with Crippen LogP contribution in [0.1, 0.15) is 42.0 Å². The summed E-state index contributed by atoms with van der Waals surface area (Å²) < 4.78 is 1.64. The molecule has 6 nitrogen and oxygen atoms in total. The number of nitrogens with one attached hydrogen (secondary N) is 1. The number of allylic oxidation sites excluding steroid dienone is 3. The molecule has 0 aliphatic heterocycles. The summed E-state index contributed by atoms with van der Waals surface area (Å²) in [5.74, 6) is 0.463. The molecule has 27 heavy (non-hydrogen) atoms. The molecule has 0 saturated heterocycles. The number of carbonyl (C=O) groups excluding carboxylic acids is 2. The van der Waals surface area contributed by atoms with E-state index >= 15 is 0 Å². The molecule has 0 atom stereocenters. The molecule has 0 fully saturated rings. The van der Waals surface area contributed by atoms with E-state index in [-0.39, 0.29) is 18.2 Å². The highest BCUT2D eigenvalue weighted by atomic mass is 35.5. The molecule has 1 aromatic carbocycles. The van der Waals surface area contributed by atoms with Crippen LogP contribution in [-0.2, 0) is 4.79 Å². The van der Waals surface area contributed by atoms with Crippen LogP contribution in [0.15, 0.2) is 41.3 Å². The first-order valence-corrected chi connectivity index (χ1v) is 9.01. The van der Waals surface area contributed by atoms with Crippen LogP contribution in [0.5, 0.6) is 0 Å². The summed E-state index contributed by atoms with van der Waals surface area (Å²) in [6, 6.07) is 3.37. The number of aryl methyl sites for hydroxylation is 1. The second kappa shape index (κ2) is 7.48. The molecular weight excluding hydrogens is 364 g/mol. The molecule has 140 valence electrons. The van der Waals surface area contributed by atoms with Crippen LogP contribution in [0.4, 0.5) is 0 Å². The average Bonchev–Trinajstić information content (AvgIpc) is 3.01. The Balaban J connectivity index is 1.88. The largest absolute Gasteiger partial charge is 0.348 e. The maximum atomic E-state index is 12.8. The van der Waals surface area contributed by atoms with Crippen molar-refractivity contribution in [3.63, 3.8) is 0 Å². The fourth-order valence-electron chi connectivity index (χ4n) is 3.25. The Hall–Kier alpha value is -2.73. The third kappa shape index (κ3) is 3.85. The molecule has 3 rings (SSSR count). The first-order valence-electron chi connectivity index (χ1n) is 8.63. The monoisotopic (exact) mass is 384 g/mol. The number of Topliss-reactive ketones (excluding diaryl/α,β-unsaturated/α-hetero) is 1. The van der Waals surface area contributed by atoms with Gasteiger partial charge >= 0.3 is 0 Å². The van der Waals surface area contributed by atoms with Crippen LogP contribution >= 0.6 is 11.6 Å². The molecule has 1 amide bonds. The zero-order valence-electron chi connectivity index (χ0n) is 15.8. The second-order valence-electron chi connectivity index (χ2n) is 6.75. The summed E-state index contributed by atoms with van der Waals surface area (Å²) in [6.45, 7) is 7.67. The number of nitrogens with zero attached hydrogens (tertiary/aromatic N) is 3. The number of benzene rings is 1. The van der Waals surface area contributed by atoms with Gasteiger partial charge in [-0.2, -0.15) is 5.10 Å². The summed E-state index contributed by atoms with van der Waals surface area (Å²) in [5, 5.41) is 7.47. The molecule has 1 aromatic heterocycles. The maximum Gasteiger partial charge on any atom is 0.251 e. The van der Waals surface area contributed by atoms with Gasteiger partial charge in [-0.25, -0.2) is 9.67 Å². The number of rotatable bonds is 4. The van der Waals surface area contributed by atoms with Crippen molar-refractivity contribution in [2.45, 2.75) is 34.1 Å². The first-order chi connectivity index (χ1) is 12.8. The third-order valence-corrected chi connectivity index (χ3v) is 4.89. The van der Waals surface area contributed by atoms with Crippen molar-refractivity contribution in [2.24, 2.45) is 0 Å². The van der Waals surface area contributed by atoms with Crippen molar-refractivity contribution in [2.75, 3.05) is 6.54 Å². The van der Waals surface area contributed by atoms with Gasteiger partial charge in [0.1, 0.15) is 12.2 Å². The molecule has 0 radical (unpaired) electrons. The molecular formula is C20H21ClN4O2. The van der Waals surface area contributed by atoms with E-state index in [0.29, 0.717) is 34.1 Å². The lowest BCUT2D eigenvalue weighted by molar-refractivity contribution is -0.115. The maximum absolute atomic E-state index is 12.8. The summed E-state index contributed by atoms with van der Waals surface area (Å²) in [6.07, 6.45) is 3.84. The highest BCUT2D eigenvalue weighted by molar-refractivity contribution is 6.31. The minimum atomic E-state index is -0.284. The number of hydrogen-bond acceptors (Lipinski definition) is 4. The van der Waals surface area contributed by atoms with E-state index in [9.17, 15) is 9.59 Å². The van der Waals surface area contributed by atoms with E-state index in [2.05, 4.69) is 15.4 Å². The van der Waals surface area contributed by atoms with Gasteiger partial charge in [-0.15, -0.1) is 0 Å². The Morgan fingerprint density at radius 1 is 1.26 bits per heavy atom. The molecule has 1 aliphatic rings. The van der Waals surface area contributed by atoms with Gasteiger partial charge in [-0.3, -0.25) is 9.59 Å². The number of ketones is 1. The normalized spacial score (nSPS) is 14.4. The van der Waals surface area contributed by atoms with Gasteiger partial charge in [0.15, 0.2) is 5.78 Å². The molecule has 0 unspecified atom stereocenters. The molecule has 7 heteroatoms. The fourth-order valence-corrected chi connectivity index (χ4v) is 3.46. The molecule has 1 N–H and O–H groups in total. The van der Waals surface area contributed by atoms with Gasteiger partial charge in [-0.05, 0) is 51.0 Å². The minimum Gasteiger partial charge on any atom is -0.348 e. The molecule has 0 spiro atoms. The first kappa shape index (κ1) is 19.0. The predicted octanol–water partition coefficient (Wildman–Crippen LogP) is 3.50. The topological polar surface area (TPSA) is 76.9 Å². The lowest BCUT2D eigenvalue weighted by Crippen LogP contribution is -2.30. The predicted molar refractivity (Wildman–Crippen MR) is 104 cm³/mol. The van der Waals surface area contributed by atoms with E-state index in [1.165, 1.54) is 6.33 Å². The van der Waals surface area contributed by atoms with Crippen LogP contribution in [0.2, 0.25) is 5.02 Å². The molecule has 1 aliphatic carbocycles. The lowest BCUT2D eigenvalue weighted by atomic mass is 9.92. The van der Waals surface area contributed by atoms with Gasteiger partial charge in [-0.1, -0.05) is 23.3 Å². The van der Waals surface area contributed by atoms with Gasteiger partial charge in [0.2, 0.25) is 0 Å². The third-order valence-electron chi connectivity index (χ3n) is 4.68. The SMILES string of the molecule is CC1=CC(C)=C(CNC(=O)c2cc(Cl)cc(-n3ncnc3C)c2C)C(=O)C1. The Labute approximate surface area is 162 Å². The Bertz CT molecular complexity index is 1000. The van der Waals surface area contributed by atoms with E-state index in [1.54, 1.807) is 16.8 Å². The number of aromatic nitrogens is 3. The lowest BCUT2D eigenvalue weighted by Gasteiger charge is -2.17. The van der Waals surface area contributed by atoms with E-state index < -0.39 is 0 Å². The van der Waals surface area contributed by atoms with E-state index in [4.69, 9.17) is 11.6 Å². The van der Waals surface area contributed by atoms with Crippen molar-refractivity contribution >= 4 is 23.3 Å². The second-order valence-corrected chi connectivity index (χ2v) is 7.19. The van der Waals surface area contributed by atoms with Crippen LogP contribution in [0.25, 0.3) is 5.69 Å². The van der Waals surface area contributed by atoms with Gasteiger partial charge < -0.3 is 5.32 Å². The smallest absolute Gasteiger partial charge is 0.251 e. The number of carbonyl (C=O) groups is 2. The van der Waals surface area contributed by atoms with E-state index in [1.807, 2.05) is 33.8 Å². The van der Waals surface area contributed by atoms with Crippen molar-refractivity contribution < 1.29 is 9.59 Å². The Kier molecular flexibility index (Phi) is 5.28. The van der Waals surface area contributed by atoms with Crippen molar-refractivity contribution in [1.82, 2.24) is 20.1 Å². The highest BCUT2D eigenvalue weighted by Gasteiger charge is 2.20. The number of amides is 1. The van der Waals surface area contributed by atoms with Crippen LogP contribution in [0, 0.1) is 13.8 Å². The van der Waals surface area contributed by atoms with E-state index in [0.717, 1.165) is 16.7 Å². The molecule has 0 saturated carbocycles. The highest BCUT2D eigenvalue weighted by Crippen LogP contribution is 2.25. The summed E-state index contributed by atoms with van der Waals surface area (Å²) in [4.78, 5) is 29.1. The van der Waals surface area contributed by atoms with Gasteiger partial charge in [0, 0.05) is 29.1 Å². The minimum absolute atomic E-state index is 0.0505.